The normalized spacial score (nSPS) is 38.1. The molecule has 2 rings (SSSR count). The van der Waals surface area contributed by atoms with Crippen molar-refractivity contribution in [2.45, 2.75) is 51.6 Å². The van der Waals surface area contributed by atoms with Crippen LogP contribution in [-0.2, 0) is 0 Å². The van der Waals surface area contributed by atoms with Gasteiger partial charge in [0, 0.05) is 11.3 Å². The van der Waals surface area contributed by atoms with Crippen LogP contribution in [-0.4, -0.2) is 22.5 Å². The predicted molar refractivity (Wildman–Crippen MR) is 63.9 cm³/mol. The van der Waals surface area contributed by atoms with E-state index < -0.39 is 0 Å². The zero-order chi connectivity index (χ0) is 10.2. The van der Waals surface area contributed by atoms with Crippen LogP contribution in [0.1, 0.15) is 40.0 Å². The summed E-state index contributed by atoms with van der Waals surface area (Å²) in [4.78, 5) is 4.76. The van der Waals surface area contributed by atoms with Crippen molar-refractivity contribution in [1.82, 2.24) is 5.32 Å². The van der Waals surface area contributed by atoms with Gasteiger partial charge in [-0.25, -0.2) is 0 Å². The molecule has 1 saturated heterocycles. The largest absolute Gasteiger partial charge is 0.360 e. The number of rotatable bonds is 2. The van der Waals surface area contributed by atoms with E-state index >= 15 is 0 Å². The van der Waals surface area contributed by atoms with Crippen molar-refractivity contribution in [1.29, 1.82) is 0 Å². The van der Waals surface area contributed by atoms with Crippen LogP contribution in [0, 0.1) is 5.92 Å². The van der Waals surface area contributed by atoms with Crippen molar-refractivity contribution in [3.63, 3.8) is 0 Å². The fraction of sp³-hybridized carbons (Fsp3) is 0.909. The second-order valence-corrected chi connectivity index (χ2v) is 6.10. The molecule has 2 atom stereocenters. The van der Waals surface area contributed by atoms with Crippen molar-refractivity contribution >= 4 is 16.9 Å². The van der Waals surface area contributed by atoms with E-state index in [0.717, 1.165) is 5.92 Å². The van der Waals surface area contributed by atoms with Gasteiger partial charge in [0.05, 0.1) is 6.04 Å². The van der Waals surface area contributed by atoms with Gasteiger partial charge in [-0.1, -0.05) is 25.1 Å². The molecule has 0 spiro atoms. The zero-order valence-electron chi connectivity index (χ0n) is 9.34. The van der Waals surface area contributed by atoms with Crippen LogP contribution in [0.2, 0.25) is 0 Å². The molecule has 0 aromatic heterocycles. The van der Waals surface area contributed by atoms with Crippen molar-refractivity contribution < 1.29 is 0 Å². The van der Waals surface area contributed by atoms with Crippen molar-refractivity contribution in [3.8, 4) is 0 Å². The van der Waals surface area contributed by atoms with E-state index in [-0.39, 0.29) is 5.54 Å². The number of thioether (sulfide) groups is 1. The molecular formula is C11H20N2S. The third-order valence-electron chi connectivity index (χ3n) is 3.10. The first-order chi connectivity index (χ1) is 6.61. The molecule has 0 radical (unpaired) electrons. The minimum atomic E-state index is 0.251. The average molecular weight is 212 g/mol. The summed E-state index contributed by atoms with van der Waals surface area (Å²) in [6, 6.07) is 0.629. The van der Waals surface area contributed by atoms with Crippen molar-refractivity contribution in [2.75, 3.05) is 5.75 Å². The van der Waals surface area contributed by atoms with Crippen LogP contribution < -0.4 is 5.32 Å². The summed E-state index contributed by atoms with van der Waals surface area (Å²) in [6.07, 6.45) is 3.83. The molecule has 1 N–H and O–H groups in total. The molecule has 1 aliphatic carbocycles. The number of nitrogens with zero attached hydrogens (tertiary/aromatic N) is 1. The zero-order valence-corrected chi connectivity index (χ0v) is 10.2. The molecule has 80 valence electrons. The van der Waals surface area contributed by atoms with Crippen LogP contribution in [0.3, 0.4) is 0 Å². The summed E-state index contributed by atoms with van der Waals surface area (Å²) in [5.74, 6) is 2.08. The average Bonchev–Trinajstić information content (AvgIpc) is 2.81. The molecule has 1 heterocycles. The summed E-state index contributed by atoms with van der Waals surface area (Å²) in [6.45, 7) is 6.77. The SMILES string of the molecule is CCC1CC1N=C1NC(C)(C)CCS1. The fourth-order valence-electron chi connectivity index (χ4n) is 1.84. The predicted octanol–water partition coefficient (Wildman–Crippen LogP) is 2.65. The van der Waals surface area contributed by atoms with Gasteiger partial charge in [0.2, 0.25) is 0 Å². The number of nitrogens with one attached hydrogen (secondary N) is 1. The smallest absolute Gasteiger partial charge is 0.157 e. The second-order valence-electron chi connectivity index (χ2n) is 5.01. The standard InChI is InChI=1S/C11H20N2S/c1-4-8-7-9(8)12-10-13-11(2,3)5-6-14-10/h8-9H,4-7H2,1-3H3,(H,12,13). The highest BCUT2D eigenvalue weighted by molar-refractivity contribution is 8.13. The molecule has 2 unspecified atom stereocenters. The Bertz CT molecular complexity index is 248. The minimum Gasteiger partial charge on any atom is -0.360 e. The highest BCUT2D eigenvalue weighted by Gasteiger charge is 2.36. The Kier molecular flexibility index (Phi) is 2.78. The topological polar surface area (TPSA) is 24.4 Å². The first-order valence-electron chi connectivity index (χ1n) is 5.59. The van der Waals surface area contributed by atoms with Gasteiger partial charge in [0.25, 0.3) is 0 Å². The van der Waals surface area contributed by atoms with E-state index in [9.17, 15) is 0 Å². The molecule has 2 fully saturated rings. The van der Waals surface area contributed by atoms with E-state index in [1.807, 2.05) is 11.8 Å². The first-order valence-corrected chi connectivity index (χ1v) is 6.58. The maximum Gasteiger partial charge on any atom is 0.157 e. The van der Waals surface area contributed by atoms with Crippen LogP contribution >= 0.6 is 11.8 Å². The number of amidine groups is 1. The lowest BCUT2D eigenvalue weighted by Gasteiger charge is -2.32. The number of hydrogen-bond acceptors (Lipinski definition) is 2. The second kappa shape index (κ2) is 3.76. The maximum absolute atomic E-state index is 4.76. The van der Waals surface area contributed by atoms with E-state index in [4.69, 9.17) is 4.99 Å². The summed E-state index contributed by atoms with van der Waals surface area (Å²) in [7, 11) is 0. The maximum atomic E-state index is 4.76. The third kappa shape index (κ3) is 2.44. The van der Waals surface area contributed by atoms with Gasteiger partial charge in [-0.15, -0.1) is 0 Å². The summed E-state index contributed by atoms with van der Waals surface area (Å²) >= 11 is 1.89. The van der Waals surface area contributed by atoms with Crippen LogP contribution in [0.5, 0.6) is 0 Å². The molecule has 1 aliphatic heterocycles. The lowest BCUT2D eigenvalue weighted by Crippen LogP contribution is -2.46. The first kappa shape index (κ1) is 10.3. The van der Waals surface area contributed by atoms with Crippen molar-refractivity contribution in [2.24, 2.45) is 10.9 Å². The third-order valence-corrected chi connectivity index (χ3v) is 3.99. The summed E-state index contributed by atoms with van der Waals surface area (Å²) < 4.78 is 0. The monoisotopic (exact) mass is 212 g/mol. The Morgan fingerprint density at radius 2 is 2.36 bits per heavy atom. The lowest BCUT2D eigenvalue weighted by molar-refractivity contribution is 0.446. The Labute approximate surface area is 90.9 Å². The highest BCUT2D eigenvalue weighted by atomic mass is 32.2. The quantitative estimate of drug-likeness (QED) is 0.761. The van der Waals surface area contributed by atoms with Crippen LogP contribution in [0.4, 0.5) is 0 Å². The highest BCUT2D eigenvalue weighted by Crippen LogP contribution is 2.37. The van der Waals surface area contributed by atoms with E-state index in [1.54, 1.807) is 0 Å². The molecule has 0 aromatic carbocycles. The van der Waals surface area contributed by atoms with Gasteiger partial charge in [-0.3, -0.25) is 4.99 Å². The van der Waals surface area contributed by atoms with Crippen LogP contribution in [0.15, 0.2) is 4.99 Å². The van der Waals surface area contributed by atoms with Crippen molar-refractivity contribution in [3.05, 3.63) is 0 Å². The lowest BCUT2D eigenvalue weighted by atomic mass is 10.0. The molecule has 0 amide bonds. The van der Waals surface area contributed by atoms with Gasteiger partial charge in [-0.05, 0) is 32.6 Å². The van der Waals surface area contributed by atoms with E-state index in [1.165, 1.54) is 30.2 Å². The molecule has 14 heavy (non-hydrogen) atoms. The van der Waals surface area contributed by atoms with E-state index in [0.29, 0.717) is 6.04 Å². The molecule has 0 bridgehead atoms. The number of hydrogen-bond donors (Lipinski definition) is 1. The molecule has 1 saturated carbocycles. The molecule has 3 heteroatoms. The number of aliphatic imine (C=N–C) groups is 1. The van der Waals surface area contributed by atoms with Gasteiger partial charge in [-0.2, -0.15) is 0 Å². The Balaban J connectivity index is 1.92. The Morgan fingerprint density at radius 3 is 2.93 bits per heavy atom. The molecule has 2 aliphatic rings. The van der Waals surface area contributed by atoms with E-state index in [2.05, 4.69) is 26.1 Å². The minimum absolute atomic E-state index is 0.251. The van der Waals surface area contributed by atoms with Gasteiger partial charge >= 0.3 is 0 Å². The van der Waals surface area contributed by atoms with Gasteiger partial charge in [0.15, 0.2) is 5.17 Å². The molecule has 2 nitrogen and oxygen atoms in total. The summed E-state index contributed by atoms with van der Waals surface area (Å²) in [5.41, 5.74) is 0.251. The fourth-order valence-corrected chi connectivity index (χ4v) is 3.20. The molecule has 0 aromatic rings. The van der Waals surface area contributed by atoms with Crippen LogP contribution in [0.25, 0.3) is 0 Å². The molecular weight excluding hydrogens is 192 g/mol. The Hall–Kier alpha value is -0.180. The Morgan fingerprint density at radius 1 is 1.57 bits per heavy atom. The summed E-state index contributed by atoms with van der Waals surface area (Å²) in [5, 5.41) is 4.70. The van der Waals surface area contributed by atoms with Gasteiger partial charge in [0.1, 0.15) is 0 Å². The van der Waals surface area contributed by atoms with Gasteiger partial charge < -0.3 is 5.32 Å².